The number of thiophene rings is 1. The highest BCUT2D eigenvalue weighted by atomic mass is 32.1. The Balaban J connectivity index is 2.20. The molecule has 0 aliphatic rings. The summed E-state index contributed by atoms with van der Waals surface area (Å²) < 4.78 is 2.07. The fourth-order valence-corrected chi connectivity index (χ4v) is 2.84. The topological polar surface area (TPSA) is 25.2 Å². The van der Waals surface area contributed by atoms with Crippen LogP contribution in [0.1, 0.15) is 31.3 Å². The van der Waals surface area contributed by atoms with Crippen molar-refractivity contribution in [2.45, 2.75) is 33.9 Å². The Labute approximate surface area is 124 Å². The minimum atomic E-state index is -0.359. The summed E-state index contributed by atoms with van der Waals surface area (Å²) in [6.45, 7) is 7.25. The van der Waals surface area contributed by atoms with E-state index in [9.17, 15) is 4.79 Å². The van der Waals surface area contributed by atoms with Crippen molar-refractivity contribution in [2.24, 2.45) is 12.5 Å². The monoisotopic (exact) mass is 290 g/mol. The van der Waals surface area contributed by atoms with Gasteiger partial charge in [0.15, 0.2) is 0 Å². The van der Waals surface area contributed by atoms with Gasteiger partial charge in [0.25, 0.3) is 0 Å². The van der Waals surface area contributed by atoms with Crippen LogP contribution < -0.4 is 0 Å². The van der Waals surface area contributed by atoms with Crippen LogP contribution in [-0.4, -0.2) is 15.4 Å². The van der Waals surface area contributed by atoms with E-state index in [4.69, 9.17) is 0 Å². The normalized spacial score (nSPS) is 11.6. The van der Waals surface area contributed by atoms with Crippen molar-refractivity contribution >= 4 is 17.2 Å². The van der Waals surface area contributed by atoms with Gasteiger partial charge in [-0.25, -0.2) is 0 Å². The fraction of sp³-hybridized carbons (Fsp3) is 0.438. The van der Waals surface area contributed by atoms with Crippen molar-refractivity contribution in [3.63, 3.8) is 0 Å². The number of aromatic nitrogens is 1. The highest BCUT2D eigenvalue weighted by Crippen LogP contribution is 2.22. The van der Waals surface area contributed by atoms with E-state index < -0.39 is 0 Å². The number of nitrogens with zero attached hydrogens (tertiary/aromatic N) is 2. The first-order valence-electron chi connectivity index (χ1n) is 6.80. The van der Waals surface area contributed by atoms with Gasteiger partial charge < -0.3 is 9.47 Å². The number of amides is 1. The predicted molar refractivity (Wildman–Crippen MR) is 83.4 cm³/mol. The van der Waals surface area contributed by atoms with Gasteiger partial charge in [-0.2, -0.15) is 0 Å². The smallest absolute Gasteiger partial charge is 0.228 e. The first-order chi connectivity index (χ1) is 9.38. The number of hydrogen-bond donors (Lipinski definition) is 0. The van der Waals surface area contributed by atoms with Crippen molar-refractivity contribution in [1.29, 1.82) is 0 Å². The van der Waals surface area contributed by atoms with Crippen LogP contribution in [-0.2, 0) is 24.9 Å². The number of carbonyl (C=O) groups is 1. The average molecular weight is 290 g/mol. The minimum Gasteiger partial charge on any atom is -0.353 e. The second-order valence-corrected chi connectivity index (χ2v) is 7.13. The first-order valence-corrected chi connectivity index (χ1v) is 7.68. The maximum atomic E-state index is 12.6. The Morgan fingerprint density at radius 3 is 2.50 bits per heavy atom. The molecule has 2 aromatic rings. The standard InChI is InChI=1S/C16H22N2OS/c1-16(2,3)15(19)18(12-14-8-6-10-20-14)11-13-7-5-9-17(13)4/h5-10H,11-12H2,1-4H3. The quantitative estimate of drug-likeness (QED) is 0.843. The van der Waals surface area contributed by atoms with Crippen molar-refractivity contribution in [1.82, 2.24) is 9.47 Å². The van der Waals surface area contributed by atoms with E-state index in [1.165, 1.54) is 4.88 Å². The number of rotatable bonds is 4. The summed E-state index contributed by atoms with van der Waals surface area (Å²) >= 11 is 1.70. The Morgan fingerprint density at radius 1 is 1.25 bits per heavy atom. The molecule has 2 aromatic heterocycles. The fourth-order valence-electron chi connectivity index (χ4n) is 2.12. The summed E-state index contributed by atoms with van der Waals surface area (Å²) in [6.07, 6.45) is 2.01. The second-order valence-electron chi connectivity index (χ2n) is 6.10. The van der Waals surface area contributed by atoms with E-state index in [0.29, 0.717) is 13.1 Å². The van der Waals surface area contributed by atoms with Crippen molar-refractivity contribution in [2.75, 3.05) is 0 Å². The molecule has 0 saturated heterocycles. The molecule has 2 rings (SSSR count). The molecule has 2 heterocycles. The van der Waals surface area contributed by atoms with Gasteiger partial charge in [0, 0.05) is 29.2 Å². The highest BCUT2D eigenvalue weighted by Gasteiger charge is 2.27. The van der Waals surface area contributed by atoms with Crippen LogP contribution >= 0.6 is 11.3 Å². The zero-order valence-electron chi connectivity index (χ0n) is 12.6. The van der Waals surface area contributed by atoms with Gasteiger partial charge in [-0.05, 0) is 23.6 Å². The van der Waals surface area contributed by atoms with Crippen LogP contribution in [0.25, 0.3) is 0 Å². The molecule has 108 valence electrons. The Morgan fingerprint density at radius 2 is 2.00 bits per heavy atom. The molecule has 4 heteroatoms. The number of aryl methyl sites for hydroxylation is 1. The van der Waals surface area contributed by atoms with E-state index in [1.807, 2.05) is 51.0 Å². The molecule has 0 bridgehead atoms. The van der Waals surface area contributed by atoms with E-state index in [2.05, 4.69) is 22.1 Å². The van der Waals surface area contributed by atoms with Crippen LogP contribution in [0.5, 0.6) is 0 Å². The molecule has 0 aromatic carbocycles. The van der Waals surface area contributed by atoms with E-state index in [-0.39, 0.29) is 11.3 Å². The third-order valence-corrected chi connectivity index (χ3v) is 4.12. The molecule has 3 nitrogen and oxygen atoms in total. The zero-order valence-corrected chi connectivity index (χ0v) is 13.4. The maximum Gasteiger partial charge on any atom is 0.228 e. The second kappa shape index (κ2) is 5.83. The largest absolute Gasteiger partial charge is 0.353 e. The van der Waals surface area contributed by atoms with Crippen molar-refractivity contribution in [3.05, 3.63) is 46.4 Å². The first kappa shape index (κ1) is 14.9. The summed E-state index contributed by atoms with van der Waals surface area (Å²) in [7, 11) is 2.01. The molecule has 0 saturated carbocycles. The van der Waals surface area contributed by atoms with Gasteiger partial charge in [-0.3, -0.25) is 4.79 Å². The van der Waals surface area contributed by atoms with Gasteiger partial charge in [0.2, 0.25) is 5.91 Å². The molecule has 0 N–H and O–H groups in total. The Hall–Kier alpha value is -1.55. The lowest BCUT2D eigenvalue weighted by Gasteiger charge is -2.29. The van der Waals surface area contributed by atoms with Crippen molar-refractivity contribution in [3.8, 4) is 0 Å². The van der Waals surface area contributed by atoms with Crippen LogP contribution in [0.15, 0.2) is 35.8 Å². The van der Waals surface area contributed by atoms with Gasteiger partial charge >= 0.3 is 0 Å². The van der Waals surface area contributed by atoms with Gasteiger partial charge in [-0.1, -0.05) is 26.8 Å². The molecule has 0 fully saturated rings. The summed E-state index contributed by atoms with van der Waals surface area (Å²) in [6, 6.07) is 8.19. The molecule has 0 aliphatic carbocycles. The van der Waals surface area contributed by atoms with Crippen molar-refractivity contribution < 1.29 is 4.79 Å². The third-order valence-electron chi connectivity index (χ3n) is 3.26. The molecule has 0 spiro atoms. The molecule has 20 heavy (non-hydrogen) atoms. The average Bonchev–Trinajstić information content (AvgIpc) is 2.99. The summed E-state index contributed by atoms with van der Waals surface area (Å²) in [5.41, 5.74) is 0.793. The Kier molecular flexibility index (Phi) is 4.33. The summed E-state index contributed by atoms with van der Waals surface area (Å²) in [5, 5.41) is 2.05. The van der Waals surface area contributed by atoms with Crippen LogP contribution in [0.4, 0.5) is 0 Å². The highest BCUT2D eigenvalue weighted by molar-refractivity contribution is 7.09. The van der Waals surface area contributed by atoms with Crippen LogP contribution in [0.3, 0.4) is 0 Å². The number of hydrogen-bond acceptors (Lipinski definition) is 2. The summed E-state index contributed by atoms with van der Waals surface area (Å²) in [4.78, 5) is 15.8. The third kappa shape index (κ3) is 3.51. The molecular weight excluding hydrogens is 268 g/mol. The summed E-state index contributed by atoms with van der Waals surface area (Å²) in [5.74, 6) is 0.187. The lowest BCUT2D eigenvalue weighted by Crippen LogP contribution is -2.38. The predicted octanol–water partition coefficient (Wildman–Crippen LogP) is 3.66. The number of carbonyl (C=O) groups excluding carboxylic acids is 1. The van der Waals surface area contributed by atoms with E-state index in [0.717, 1.165) is 5.69 Å². The molecule has 0 atom stereocenters. The molecule has 1 amide bonds. The molecule has 0 aliphatic heterocycles. The van der Waals surface area contributed by atoms with Crippen LogP contribution in [0, 0.1) is 5.41 Å². The zero-order chi connectivity index (χ0) is 14.8. The van der Waals surface area contributed by atoms with E-state index >= 15 is 0 Å². The molecule has 0 unspecified atom stereocenters. The lowest BCUT2D eigenvalue weighted by atomic mass is 9.94. The minimum absolute atomic E-state index is 0.187. The van der Waals surface area contributed by atoms with Gasteiger partial charge in [0.1, 0.15) is 0 Å². The van der Waals surface area contributed by atoms with E-state index in [1.54, 1.807) is 11.3 Å². The SMILES string of the molecule is Cn1cccc1CN(Cc1cccs1)C(=O)C(C)(C)C. The molecule has 0 radical (unpaired) electrons. The Bertz CT molecular complexity index is 564. The maximum absolute atomic E-state index is 12.6. The van der Waals surface area contributed by atoms with Gasteiger partial charge in [-0.15, -0.1) is 11.3 Å². The van der Waals surface area contributed by atoms with Gasteiger partial charge in [0.05, 0.1) is 13.1 Å². The lowest BCUT2D eigenvalue weighted by molar-refractivity contribution is -0.140. The molecular formula is C16H22N2OS. The van der Waals surface area contributed by atoms with Crippen LogP contribution in [0.2, 0.25) is 0 Å².